The molecule has 8 heteroatoms. The van der Waals surface area contributed by atoms with E-state index in [0.29, 0.717) is 48.3 Å². The van der Waals surface area contributed by atoms with Crippen LogP contribution in [0, 0.1) is 5.41 Å². The SMILES string of the molecule is CO.COc1ccc2cc(C(=O)N[C@H](C=O)Cc3ccccc3)c(=O)n3c2c1OCC1(CC1)C3. The molecule has 1 saturated carbocycles. The van der Waals surface area contributed by atoms with Gasteiger partial charge in [-0.25, -0.2) is 0 Å². The maximum atomic E-state index is 13.5. The zero-order valence-corrected chi connectivity index (χ0v) is 19.2. The minimum atomic E-state index is -0.728. The van der Waals surface area contributed by atoms with Crippen LogP contribution in [0.1, 0.15) is 28.8 Å². The average molecular weight is 465 g/mol. The van der Waals surface area contributed by atoms with Crippen molar-refractivity contribution in [3.8, 4) is 11.5 Å². The predicted molar refractivity (Wildman–Crippen MR) is 128 cm³/mol. The van der Waals surface area contributed by atoms with Gasteiger partial charge in [0.25, 0.3) is 11.5 Å². The number of aliphatic hydroxyl groups is 1. The van der Waals surface area contributed by atoms with E-state index in [1.165, 1.54) is 0 Å². The quantitative estimate of drug-likeness (QED) is 0.543. The van der Waals surface area contributed by atoms with E-state index in [1.807, 2.05) is 36.4 Å². The largest absolute Gasteiger partial charge is 0.493 e. The first-order chi connectivity index (χ1) is 16.5. The number of aromatic nitrogens is 1. The van der Waals surface area contributed by atoms with Crippen LogP contribution in [0.15, 0.2) is 53.3 Å². The summed E-state index contributed by atoms with van der Waals surface area (Å²) in [5, 5.41) is 10.4. The van der Waals surface area contributed by atoms with Crippen LogP contribution in [-0.4, -0.2) is 48.7 Å². The molecule has 3 aromatic rings. The first-order valence-corrected chi connectivity index (χ1v) is 11.2. The number of carbonyl (C=O) groups is 2. The molecule has 1 fully saturated rings. The summed E-state index contributed by atoms with van der Waals surface area (Å²) in [6, 6.07) is 13.9. The van der Waals surface area contributed by atoms with Crippen molar-refractivity contribution < 1.29 is 24.2 Å². The van der Waals surface area contributed by atoms with E-state index in [1.54, 1.807) is 23.8 Å². The van der Waals surface area contributed by atoms with Crippen molar-refractivity contribution in [3.63, 3.8) is 0 Å². The number of rotatable bonds is 6. The van der Waals surface area contributed by atoms with E-state index in [0.717, 1.165) is 25.5 Å². The molecule has 1 atom stereocenters. The number of nitrogens with one attached hydrogen (secondary N) is 1. The molecular weight excluding hydrogens is 436 g/mol. The van der Waals surface area contributed by atoms with Crippen LogP contribution in [0.25, 0.3) is 10.9 Å². The van der Waals surface area contributed by atoms with Gasteiger partial charge < -0.3 is 29.3 Å². The first-order valence-electron chi connectivity index (χ1n) is 11.2. The second-order valence-corrected chi connectivity index (χ2v) is 8.68. The summed E-state index contributed by atoms with van der Waals surface area (Å²) in [4.78, 5) is 38.2. The molecule has 2 aromatic carbocycles. The molecule has 5 rings (SSSR count). The summed E-state index contributed by atoms with van der Waals surface area (Å²) in [5.74, 6) is 0.540. The smallest absolute Gasteiger partial charge is 0.264 e. The Hall–Kier alpha value is -3.65. The van der Waals surface area contributed by atoms with E-state index in [9.17, 15) is 14.4 Å². The van der Waals surface area contributed by atoms with Crippen LogP contribution in [-0.2, 0) is 17.8 Å². The lowest BCUT2D eigenvalue weighted by atomic mass is 10.1. The molecule has 0 unspecified atom stereocenters. The van der Waals surface area contributed by atoms with Gasteiger partial charge >= 0.3 is 0 Å². The number of ether oxygens (including phenoxy) is 2. The second-order valence-electron chi connectivity index (χ2n) is 8.68. The van der Waals surface area contributed by atoms with Crippen molar-refractivity contribution in [1.29, 1.82) is 0 Å². The van der Waals surface area contributed by atoms with Gasteiger partial charge in [-0.1, -0.05) is 30.3 Å². The number of amides is 1. The fourth-order valence-electron chi connectivity index (χ4n) is 4.37. The van der Waals surface area contributed by atoms with Crippen LogP contribution in [0.3, 0.4) is 0 Å². The van der Waals surface area contributed by atoms with Crippen molar-refractivity contribution in [2.24, 2.45) is 5.41 Å². The fourth-order valence-corrected chi connectivity index (χ4v) is 4.37. The Balaban J connectivity index is 0.00000133. The predicted octanol–water partition coefficient (Wildman–Crippen LogP) is 2.33. The fraction of sp³-hybridized carbons (Fsp3) is 0.346. The van der Waals surface area contributed by atoms with Crippen LogP contribution in [0.2, 0.25) is 0 Å². The van der Waals surface area contributed by atoms with Crippen molar-refractivity contribution in [1.82, 2.24) is 9.88 Å². The van der Waals surface area contributed by atoms with Gasteiger partial charge in [0.1, 0.15) is 11.8 Å². The third-order valence-electron chi connectivity index (χ3n) is 6.39. The van der Waals surface area contributed by atoms with Gasteiger partial charge in [0, 0.05) is 24.5 Å². The number of nitrogens with zero attached hydrogens (tertiary/aromatic N) is 1. The monoisotopic (exact) mass is 464 g/mol. The molecule has 8 nitrogen and oxygen atoms in total. The number of hydrogen-bond acceptors (Lipinski definition) is 6. The summed E-state index contributed by atoms with van der Waals surface area (Å²) in [7, 11) is 2.56. The summed E-state index contributed by atoms with van der Waals surface area (Å²) in [6.45, 7) is 1.00. The molecule has 178 valence electrons. The zero-order chi connectivity index (χ0) is 24.3. The Morgan fingerprint density at radius 3 is 2.62 bits per heavy atom. The van der Waals surface area contributed by atoms with E-state index < -0.39 is 11.9 Å². The van der Waals surface area contributed by atoms with Gasteiger partial charge in [0.15, 0.2) is 11.5 Å². The molecule has 0 bridgehead atoms. The van der Waals surface area contributed by atoms with E-state index in [2.05, 4.69) is 5.32 Å². The number of benzene rings is 2. The van der Waals surface area contributed by atoms with Crippen LogP contribution >= 0.6 is 0 Å². The Morgan fingerprint density at radius 1 is 1.24 bits per heavy atom. The highest BCUT2D eigenvalue weighted by Gasteiger charge is 2.46. The molecule has 2 heterocycles. The Bertz CT molecular complexity index is 1260. The van der Waals surface area contributed by atoms with Crippen molar-refractivity contribution in [2.75, 3.05) is 20.8 Å². The first kappa shape index (κ1) is 23.5. The van der Waals surface area contributed by atoms with Gasteiger partial charge in [0.05, 0.1) is 25.3 Å². The number of pyridine rings is 1. The summed E-state index contributed by atoms with van der Waals surface area (Å²) >= 11 is 0. The number of carbonyl (C=O) groups excluding carboxylic acids is 2. The lowest BCUT2D eigenvalue weighted by Gasteiger charge is -2.17. The average Bonchev–Trinajstić information content (AvgIpc) is 3.67. The highest BCUT2D eigenvalue weighted by Crippen LogP contribution is 2.50. The molecule has 2 aliphatic rings. The molecule has 0 radical (unpaired) electrons. The van der Waals surface area contributed by atoms with Gasteiger partial charge in [-0.05, 0) is 43.0 Å². The lowest BCUT2D eigenvalue weighted by molar-refractivity contribution is -0.109. The van der Waals surface area contributed by atoms with Crippen LogP contribution in [0.5, 0.6) is 11.5 Å². The van der Waals surface area contributed by atoms with Gasteiger partial charge in [-0.3, -0.25) is 9.59 Å². The highest BCUT2D eigenvalue weighted by atomic mass is 16.5. The molecule has 1 amide bonds. The minimum Gasteiger partial charge on any atom is -0.493 e. The van der Waals surface area contributed by atoms with Gasteiger partial charge in [0.2, 0.25) is 0 Å². The third kappa shape index (κ3) is 4.41. The number of aldehydes is 1. The Labute approximate surface area is 197 Å². The Morgan fingerprint density at radius 2 is 1.97 bits per heavy atom. The summed E-state index contributed by atoms with van der Waals surface area (Å²) in [6.07, 6.45) is 3.00. The van der Waals surface area contributed by atoms with Crippen molar-refractivity contribution >= 4 is 23.1 Å². The van der Waals surface area contributed by atoms with Crippen LogP contribution < -0.4 is 20.3 Å². The summed E-state index contributed by atoms with van der Waals surface area (Å²) in [5.41, 5.74) is 1.12. The molecule has 1 spiro atoms. The van der Waals surface area contributed by atoms with E-state index in [-0.39, 0.29) is 16.5 Å². The van der Waals surface area contributed by atoms with E-state index >= 15 is 0 Å². The molecule has 1 aliphatic carbocycles. The van der Waals surface area contributed by atoms with Crippen LogP contribution in [0.4, 0.5) is 0 Å². The molecule has 2 N–H and O–H groups in total. The molecule has 34 heavy (non-hydrogen) atoms. The van der Waals surface area contributed by atoms with Crippen molar-refractivity contribution in [3.05, 3.63) is 70.0 Å². The molecule has 0 saturated heterocycles. The molecule has 1 aliphatic heterocycles. The number of aliphatic hydroxyl groups excluding tert-OH is 1. The van der Waals surface area contributed by atoms with E-state index in [4.69, 9.17) is 14.6 Å². The third-order valence-corrected chi connectivity index (χ3v) is 6.39. The topological polar surface area (TPSA) is 107 Å². The van der Waals surface area contributed by atoms with Gasteiger partial charge in [-0.15, -0.1) is 0 Å². The number of hydrogen-bond donors (Lipinski definition) is 2. The second kappa shape index (κ2) is 9.69. The maximum Gasteiger partial charge on any atom is 0.264 e. The Kier molecular flexibility index (Phi) is 6.70. The molecular formula is C26H28N2O6. The van der Waals surface area contributed by atoms with Crippen molar-refractivity contribution in [2.45, 2.75) is 31.8 Å². The maximum absolute atomic E-state index is 13.5. The zero-order valence-electron chi connectivity index (χ0n) is 19.2. The molecule has 1 aromatic heterocycles. The lowest BCUT2D eigenvalue weighted by Crippen LogP contribution is -2.41. The summed E-state index contributed by atoms with van der Waals surface area (Å²) < 4.78 is 13.2. The standard InChI is InChI=1S/C25H24N2O5.CH4O/c1-31-20-8-7-17-12-19(23(29)26-18(13-28)11-16-5-3-2-4-6-16)24(30)27-14-25(9-10-25)15-32-22(20)21(17)27;1-2/h2-8,12-13,18H,9-11,14-15H2,1H3,(H,26,29);2H,1H3/t18-;/m0./s1. The normalized spacial score (nSPS) is 15.9. The number of methoxy groups -OCH3 is 1. The van der Waals surface area contributed by atoms with Gasteiger partial charge in [-0.2, -0.15) is 0 Å². The minimum absolute atomic E-state index is 0.0197. The highest BCUT2D eigenvalue weighted by molar-refractivity contribution is 6.00.